The molecule has 0 radical (unpaired) electrons. The topological polar surface area (TPSA) is 52.6 Å². The van der Waals surface area contributed by atoms with Crippen molar-refractivity contribution in [3.8, 4) is 0 Å². The normalized spacial score (nSPS) is 10.3. The van der Waals surface area contributed by atoms with Crippen molar-refractivity contribution in [3.63, 3.8) is 0 Å². The van der Waals surface area contributed by atoms with E-state index in [1.807, 2.05) is 0 Å². The first kappa shape index (κ1) is 14.4. The van der Waals surface area contributed by atoms with Gasteiger partial charge in [0.25, 0.3) is 0 Å². The second-order valence-electron chi connectivity index (χ2n) is 3.63. The number of amides is 1. The average molecular weight is 216 g/mol. The van der Waals surface area contributed by atoms with Gasteiger partial charge >= 0.3 is 0 Å². The molecule has 0 aliphatic rings. The fourth-order valence-electron chi connectivity index (χ4n) is 1.31. The molecule has 0 rings (SSSR count). The first-order valence-electron chi connectivity index (χ1n) is 5.85. The number of nitrogens with zero attached hydrogens (tertiary/aromatic N) is 1. The van der Waals surface area contributed by atoms with E-state index in [4.69, 9.17) is 5.11 Å². The van der Waals surface area contributed by atoms with Gasteiger partial charge in [-0.25, -0.2) is 0 Å². The van der Waals surface area contributed by atoms with Gasteiger partial charge in [-0.2, -0.15) is 0 Å². The van der Waals surface area contributed by atoms with Crippen molar-refractivity contribution in [3.05, 3.63) is 0 Å². The van der Waals surface area contributed by atoms with E-state index in [1.165, 1.54) is 0 Å². The SMILES string of the molecule is CCCCN(CCO)C(=O)CNCCC. The van der Waals surface area contributed by atoms with Gasteiger partial charge in [0.05, 0.1) is 13.2 Å². The first-order chi connectivity index (χ1) is 7.26. The lowest BCUT2D eigenvalue weighted by atomic mass is 10.3. The molecule has 0 saturated carbocycles. The third-order valence-electron chi connectivity index (χ3n) is 2.21. The Morgan fingerprint density at radius 1 is 1.27 bits per heavy atom. The Hall–Kier alpha value is -0.610. The van der Waals surface area contributed by atoms with Crippen LogP contribution in [0.2, 0.25) is 0 Å². The number of carbonyl (C=O) groups excluding carboxylic acids is 1. The summed E-state index contributed by atoms with van der Waals surface area (Å²) in [7, 11) is 0. The third-order valence-corrected chi connectivity index (χ3v) is 2.21. The molecule has 4 nitrogen and oxygen atoms in total. The molecule has 0 aromatic rings. The summed E-state index contributed by atoms with van der Waals surface area (Å²) in [6.45, 7) is 6.67. The molecule has 0 fully saturated rings. The zero-order valence-corrected chi connectivity index (χ0v) is 9.96. The highest BCUT2D eigenvalue weighted by molar-refractivity contribution is 5.78. The monoisotopic (exact) mass is 216 g/mol. The second kappa shape index (κ2) is 9.93. The highest BCUT2D eigenvalue weighted by Gasteiger charge is 2.10. The van der Waals surface area contributed by atoms with Crippen LogP contribution in [0.4, 0.5) is 0 Å². The van der Waals surface area contributed by atoms with Gasteiger partial charge < -0.3 is 15.3 Å². The summed E-state index contributed by atoms with van der Waals surface area (Å²) < 4.78 is 0. The van der Waals surface area contributed by atoms with E-state index in [1.54, 1.807) is 4.90 Å². The Morgan fingerprint density at radius 2 is 2.00 bits per heavy atom. The van der Waals surface area contributed by atoms with Crippen molar-refractivity contribution in [2.45, 2.75) is 33.1 Å². The maximum absolute atomic E-state index is 11.7. The number of unbranched alkanes of at least 4 members (excludes halogenated alkanes) is 1. The summed E-state index contributed by atoms with van der Waals surface area (Å²) in [5.41, 5.74) is 0. The van der Waals surface area contributed by atoms with Crippen LogP contribution in [-0.4, -0.2) is 48.7 Å². The Labute approximate surface area is 92.7 Å². The minimum absolute atomic E-state index is 0.0449. The van der Waals surface area contributed by atoms with Crippen molar-refractivity contribution >= 4 is 5.91 Å². The van der Waals surface area contributed by atoms with Crippen LogP contribution in [0.15, 0.2) is 0 Å². The minimum Gasteiger partial charge on any atom is -0.395 e. The molecule has 0 heterocycles. The highest BCUT2D eigenvalue weighted by atomic mass is 16.3. The molecule has 0 atom stereocenters. The van der Waals surface area contributed by atoms with Crippen LogP contribution in [0.25, 0.3) is 0 Å². The van der Waals surface area contributed by atoms with E-state index in [0.29, 0.717) is 13.1 Å². The fourth-order valence-corrected chi connectivity index (χ4v) is 1.31. The predicted octanol–water partition coefficient (Wildman–Crippen LogP) is 0.607. The van der Waals surface area contributed by atoms with Gasteiger partial charge in [0.15, 0.2) is 0 Å². The Balaban J connectivity index is 3.81. The van der Waals surface area contributed by atoms with Gasteiger partial charge in [0.2, 0.25) is 5.91 Å². The molecular weight excluding hydrogens is 192 g/mol. The van der Waals surface area contributed by atoms with Crippen LogP contribution in [0.1, 0.15) is 33.1 Å². The van der Waals surface area contributed by atoms with E-state index >= 15 is 0 Å². The van der Waals surface area contributed by atoms with Gasteiger partial charge in [-0.05, 0) is 19.4 Å². The number of nitrogens with one attached hydrogen (secondary N) is 1. The molecule has 90 valence electrons. The number of hydrogen-bond donors (Lipinski definition) is 2. The van der Waals surface area contributed by atoms with Crippen LogP contribution >= 0.6 is 0 Å². The zero-order chi connectivity index (χ0) is 11.5. The second-order valence-corrected chi connectivity index (χ2v) is 3.63. The van der Waals surface area contributed by atoms with E-state index in [-0.39, 0.29) is 12.5 Å². The lowest BCUT2D eigenvalue weighted by molar-refractivity contribution is -0.130. The molecular formula is C11H24N2O2. The molecule has 15 heavy (non-hydrogen) atoms. The summed E-state index contributed by atoms with van der Waals surface area (Å²) in [6.07, 6.45) is 3.10. The molecule has 0 unspecified atom stereocenters. The summed E-state index contributed by atoms with van der Waals surface area (Å²) in [5.74, 6) is 0.0888. The molecule has 0 aromatic heterocycles. The summed E-state index contributed by atoms with van der Waals surface area (Å²) in [4.78, 5) is 13.4. The molecule has 0 bridgehead atoms. The van der Waals surface area contributed by atoms with E-state index in [9.17, 15) is 4.79 Å². The smallest absolute Gasteiger partial charge is 0.236 e. The first-order valence-corrected chi connectivity index (χ1v) is 5.85. The van der Waals surface area contributed by atoms with Gasteiger partial charge in [-0.1, -0.05) is 20.3 Å². The van der Waals surface area contributed by atoms with Gasteiger partial charge in [-0.15, -0.1) is 0 Å². The fraction of sp³-hybridized carbons (Fsp3) is 0.909. The quantitative estimate of drug-likeness (QED) is 0.555. The molecule has 1 amide bonds. The molecule has 0 aliphatic heterocycles. The Bertz CT molecular complexity index is 163. The summed E-state index contributed by atoms with van der Waals surface area (Å²) >= 11 is 0. The van der Waals surface area contributed by atoms with Gasteiger partial charge in [0.1, 0.15) is 0 Å². The van der Waals surface area contributed by atoms with Gasteiger partial charge in [-0.3, -0.25) is 4.79 Å². The molecule has 0 saturated heterocycles. The Morgan fingerprint density at radius 3 is 2.53 bits per heavy atom. The summed E-state index contributed by atoms with van der Waals surface area (Å²) in [6, 6.07) is 0. The number of aliphatic hydroxyl groups excluding tert-OH is 1. The van der Waals surface area contributed by atoms with Crippen LogP contribution in [0.5, 0.6) is 0 Å². The predicted molar refractivity (Wildman–Crippen MR) is 61.7 cm³/mol. The average Bonchev–Trinajstić information content (AvgIpc) is 2.24. The van der Waals surface area contributed by atoms with Crippen LogP contribution in [0.3, 0.4) is 0 Å². The van der Waals surface area contributed by atoms with Crippen molar-refractivity contribution in [1.29, 1.82) is 0 Å². The number of carbonyl (C=O) groups is 1. The number of aliphatic hydroxyl groups is 1. The van der Waals surface area contributed by atoms with Crippen LogP contribution in [-0.2, 0) is 4.79 Å². The van der Waals surface area contributed by atoms with Gasteiger partial charge in [0, 0.05) is 13.1 Å². The van der Waals surface area contributed by atoms with Crippen molar-refractivity contribution in [1.82, 2.24) is 10.2 Å². The minimum atomic E-state index is 0.0449. The Kier molecular flexibility index (Phi) is 9.52. The maximum Gasteiger partial charge on any atom is 0.236 e. The van der Waals surface area contributed by atoms with Crippen LogP contribution < -0.4 is 5.32 Å². The number of hydrogen-bond acceptors (Lipinski definition) is 3. The summed E-state index contributed by atoms with van der Waals surface area (Å²) in [5, 5.41) is 11.9. The van der Waals surface area contributed by atoms with E-state index < -0.39 is 0 Å². The zero-order valence-electron chi connectivity index (χ0n) is 9.96. The lowest BCUT2D eigenvalue weighted by Crippen LogP contribution is -2.40. The molecule has 0 spiro atoms. The lowest BCUT2D eigenvalue weighted by Gasteiger charge is -2.21. The molecule has 0 aliphatic carbocycles. The van der Waals surface area contributed by atoms with Crippen LogP contribution in [0, 0.1) is 0 Å². The standard InChI is InChI=1S/C11H24N2O2/c1-3-5-7-13(8-9-14)11(15)10-12-6-4-2/h12,14H,3-10H2,1-2H3. The molecule has 0 aromatic carbocycles. The number of rotatable bonds is 9. The highest BCUT2D eigenvalue weighted by Crippen LogP contribution is 1.95. The van der Waals surface area contributed by atoms with Crippen molar-refractivity contribution in [2.24, 2.45) is 0 Å². The van der Waals surface area contributed by atoms with Crippen molar-refractivity contribution < 1.29 is 9.90 Å². The van der Waals surface area contributed by atoms with E-state index in [0.717, 1.165) is 32.4 Å². The largest absolute Gasteiger partial charge is 0.395 e. The molecule has 4 heteroatoms. The van der Waals surface area contributed by atoms with Crippen molar-refractivity contribution in [2.75, 3.05) is 32.8 Å². The maximum atomic E-state index is 11.7. The molecule has 2 N–H and O–H groups in total. The third kappa shape index (κ3) is 7.33. The van der Waals surface area contributed by atoms with E-state index in [2.05, 4.69) is 19.2 Å².